The maximum atomic E-state index is 15.1. The zero-order valence-electron chi connectivity index (χ0n) is 22.3. The van der Waals surface area contributed by atoms with Gasteiger partial charge in [0.1, 0.15) is 5.82 Å². The molecule has 4 aromatic rings. The Morgan fingerprint density at radius 2 is 1.95 bits per heavy atom. The van der Waals surface area contributed by atoms with Crippen molar-refractivity contribution in [3.05, 3.63) is 82.1 Å². The number of nitrogens with zero attached hydrogens (tertiary/aromatic N) is 5. The van der Waals surface area contributed by atoms with Crippen LogP contribution in [0.4, 0.5) is 14.7 Å². The second kappa shape index (κ2) is 11.7. The van der Waals surface area contributed by atoms with E-state index in [9.17, 15) is 9.18 Å². The molecule has 40 heavy (non-hydrogen) atoms. The van der Waals surface area contributed by atoms with E-state index in [2.05, 4.69) is 37.5 Å². The minimum Gasteiger partial charge on any atom is -0.494 e. The number of carbonyl (C=O) groups excluding carboxylic acids is 1. The first-order valence-electron chi connectivity index (χ1n) is 13.1. The predicted molar refractivity (Wildman–Crippen MR) is 147 cm³/mol. The Morgan fingerprint density at radius 1 is 1.15 bits per heavy atom. The lowest BCUT2D eigenvalue weighted by atomic mass is 9.87. The van der Waals surface area contributed by atoms with Crippen LogP contribution in [0.3, 0.4) is 0 Å². The highest BCUT2D eigenvalue weighted by Crippen LogP contribution is 2.29. The lowest BCUT2D eigenvalue weighted by Gasteiger charge is -2.26. The van der Waals surface area contributed by atoms with Gasteiger partial charge in [-0.05, 0) is 61.4 Å². The highest BCUT2D eigenvalue weighted by Gasteiger charge is 2.23. The summed E-state index contributed by atoms with van der Waals surface area (Å²) < 4.78 is 36.2. The number of anilines is 1. The van der Waals surface area contributed by atoms with Crippen molar-refractivity contribution < 1.29 is 18.3 Å². The first kappa shape index (κ1) is 27.0. The molecule has 0 saturated heterocycles. The summed E-state index contributed by atoms with van der Waals surface area (Å²) in [5.74, 6) is -0.625. The van der Waals surface area contributed by atoms with Crippen molar-refractivity contribution in [1.29, 1.82) is 0 Å². The summed E-state index contributed by atoms with van der Waals surface area (Å²) in [6.07, 6.45) is 8.88. The Balaban J connectivity index is 1.44. The number of fused-ring (bicyclic) bond motifs is 1. The molecule has 1 fully saturated rings. The average molecular weight is 547 g/mol. The Kier molecular flexibility index (Phi) is 7.86. The zero-order chi connectivity index (χ0) is 28.2. The summed E-state index contributed by atoms with van der Waals surface area (Å²) in [6.45, 7) is 7.62. The van der Waals surface area contributed by atoms with Crippen LogP contribution in [0, 0.1) is 24.1 Å². The molecule has 0 aliphatic heterocycles. The van der Waals surface area contributed by atoms with E-state index < -0.39 is 23.6 Å². The van der Waals surface area contributed by atoms with Crippen LogP contribution >= 0.6 is 0 Å². The van der Waals surface area contributed by atoms with Crippen LogP contribution < -0.4 is 15.4 Å². The van der Waals surface area contributed by atoms with Crippen LogP contribution in [0.1, 0.15) is 60.1 Å². The molecule has 1 amide bonds. The van der Waals surface area contributed by atoms with E-state index in [1.807, 2.05) is 0 Å². The first-order chi connectivity index (χ1) is 19.3. The van der Waals surface area contributed by atoms with Crippen molar-refractivity contribution in [3.63, 3.8) is 0 Å². The van der Waals surface area contributed by atoms with Gasteiger partial charge in [0.15, 0.2) is 11.6 Å². The van der Waals surface area contributed by atoms with E-state index in [0.29, 0.717) is 28.5 Å². The molecule has 0 bridgehead atoms. The molecule has 2 heterocycles. The Labute approximate surface area is 230 Å². The number of hydrogen-bond donors (Lipinski definition) is 2. The van der Waals surface area contributed by atoms with E-state index in [0.717, 1.165) is 31.7 Å². The largest absolute Gasteiger partial charge is 0.494 e. The Hall–Kier alpha value is -4.59. The van der Waals surface area contributed by atoms with Gasteiger partial charge in [-0.15, -0.1) is 0 Å². The number of amides is 1. The van der Waals surface area contributed by atoms with Gasteiger partial charge in [-0.2, -0.15) is 9.78 Å². The van der Waals surface area contributed by atoms with E-state index in [-0.39, 0.29) is 29.4 Å². The Bertz CT molecular complexity index is 1570. The van der Waals surface area contributed by atoms with Gasteiger partial charge in [0, 0.05) is 29.6 Å². The van der Waals surface area contributed by atoms with Gasteiger partial charge in [0.05, 0.1) is 30.3 Å². The second-order valence-corrected chi connectivity index (χ2v) is 10.1. The first-order valence-corrected chi connectivity index (χ1v) is 13.1. The molecule has 1 atom stereocenters. The van der Waals surface area contributed by atoms with Gasteiger partial charge in [-0.1, -0.05) is 17.8 Å². The van der Waals surface area contributed by atoms with E-state index in [1.165, 1.54) is 42.4 Å². The lowest BCUT2D eigenvalue weighted by Crippen LogP contribution is -2.29. The molecular weight excluding hydrogens is 516 g/mol. The van der Waals surface area contributed by atoms with Gasteiger partial charge >= 0.3 is 6.67 Å². The summed E-state index contributed by atoms with van der Waals surface area (Å²) >= 11 is 0. The molecule has 0 radical (unpaired) electrons. The van der Waals surface area contributed by atoms with Crippen LogP contribution in [0.25, 0.3) is 15.7 Å². The standard InChI is InChI=1S/C29H29F2N7O2/c1-17-4-7-21(8-5-17)35-29-33-14-22-23(30)11-19(12-25(22)36-29)28(39)37-27(20-13-34-38(15-20)16-32-2)18-6-9-26(40-3)24(31)10-18/h2,6,9-15,17,21,27H,4-5,7-8,16H2,1,3H3,(H-,33,35,36,37,39)/p+1. The molecule has 1 unspecified atom stereocenters. The van der Waals surface area contributed by atoms with Crippen LogP contribution in [0.5, 0.6) is 5.75 Å². The van der Waals surface area contributed by atoms with Crippen molar-refractivity contribution in [2.75, 3.05) is 12.4 Å². The van der Waals surface area contributed by atoms with Crippen LogP contribution in [0.15, 0.2) is 48.9 Å². The van der Waals surface area contributed by atoms with Crippen molar-refractivity contribution in [2.45, 2.75) is 51.4 Å². The number of rotatable bonds is 8. The third kappa shape index (κ3) is 5.86. The molecule has 0 spiro atoms. The maximum absolute atomic E-state index is 15.1. The fourth-order valence-corrected chi connectivity index (χ4v) is 5.01. The molecule has 1 aliphatic carbocycles. The number of ether oxygens (including phenoxy) is 1. The number of nitrogens with one attached hydrogen (secondary N) is 2. The molecule has 2 aromatic carbocycles. The minimum atomic E-state index is -0.811. The number of hydrogen-bond acceptors (Lipinski definition) is 6. The van der Waals surface area contributed by atoms with E-state index >= 15 is 4.39 Å². The number of methoxy groups -OCH3 is 1. The second-order valence-electron chi connectivity index (χ2n) is 10.1. The van der Waals surface area contributed by atoms with Crippen molar-refractivity contribution in [2.24, 2.45) is 5.92 Å². The fraction of sp³-hybridized carbons (Fsp3) is 0.345. The summed E-state index contributed by atoms with van der Waals surface area (Å²) in [5.41, 5.74) is 1.35. The van der Waals surface area contributed by atoms with Gasteiger partial charge in [-0.3, -0.25) is 4.79 Å². The Morgan fingerprint density at radius 3 is 2.67 bits per heavy atom. The summed E-state index contributed by atoms with van der Waals surface area (Å²) in [5, 5.41) is 10.6. The van der Waals surface area contributed by atoms with Crippen molar-refractivity contribution >= 4 is 22.8 Å². The molecule has 11 heteroatoms. The van der Waals surface area contributed by atoms with Gasteiger partial charge in [-0.25, -0.2) is 18.7 Å². The van der Waals surface area contributed by atoms with E-state index in [4.69, 9.17) is 11.3 Å². The quantitative estimate of drug-likeness (QED) is 0.301. The van der Waals surface area contributed by atoms with Crippen LogP contribution in [-0.2, 0) is 6.67 Å². The van der Waals surface area contributed by atoms with Crippen LogP contribution in [-0.4, -0.2) is 38.8 Å². The molecular formula is C29H30F2N7O2+. The van der Waals surface area contributed by atoms with Gasteiger partial charge < -0.3 is 15.4 Å². The maximum Gasteiger partial charge on any atom is 0.356 e. The summed E-state index contributed by atoms with van der Waals surface area (Å²) in [4.78, 5) is 25.8. The number of benzene rings is 2. The summed E-state index contributed by atoms with van der Waals surface area (Å²) in [6, 6.07) is 6.48. The molecule has 5 rings (SSSR count). The number of carbonyl (C=O) groups is 1. The molecule has 1 saturated carbocycles. The fourth-order valence-electron chi connectivity index (χ4n) is 5.01. The monoisotopic (exact) mass is 546 g/mol. The topological polar surface area (TPSA) is 98.3 Å². The van der Waals surface area contributed by atoms with Gasteiger partial charge in [0.2, 0.25) is 5.95 Å². The summed E-state index contributed by atoms with van der Waals surface area (Å²) in [7, 11) is 1.37. The van der Waals surface area contributed by atoms with Crippen molar-refractivity contribution in [3.8, 4) is 12.3 Å². The van der Waals surface area contributed by atoms with Crippen molar-refractivity contribution in [1.82, 2.24) is 25.1 Å². The van der Waals surface area contributed by atoms with E-state index in [1.54, 1.807) is 12.3 Å². The number of aromatic nitrogens is 4. The van der Waals surface area contributed by atoms with Crippen LogP contribution in [0.2, 0.25) is 0 Å². The van der Waals surface area contributed by atoms with Gasteiger partial charge in [0.25, 0.3) is 12.5 Å². The lowest BCUT2D eigenvalue weighted by molar-refractivity contribution is 0.0942. The predicted octanol–water partition coefficient (Wildman–Crippen LogP) is 5.54. The molecule has 2 N–H and O–H groups in total. The highest BCUT2D eigenvalue weighted by atomic mass is 19.1. The average Bonchev–Trinajstić information content (AvgIpc) is 3.41. The third-order valence-electron chi connectivity index (χ3n) is 7.26. The molecule has 9 nitrogen and oxygen atoms in total. The molecule has 2 aromatic heterocycles. The normalized spacial score (nSPS) is 17.7. The number of halogens is 2. The minimum absolute atomic E-state index is 0.0597. The zero-order valence-corrected chi connectivity index (χ0v) is 22.3. The SMILES string of the molecule is C#[N+]Cn1cc(C(NC(=O)c2cc(F)c3cnc(NC4CCC(C)CC4)nc3c2)c2ccc(OC)c(F)c2)cn1. The third-order valence-corrected chi connectivity index (χ3v) is 7.26. The smallest absolute Gasteiger partial charge is 0.356 e. The highest BCUT2D eigenvalue weighted by molar-refractivity contribution is 5.98. The molecule has 1 aliphatic rings. The molecule has 206 valence electrons.